The van der Waals surface area contributed by atoms with Crippen LogP contribution >= 0.6 is 0 Å². The molecule has 0 aromatic heterocycles. The van der Waals surface area contributed by atoms with Crippen molar-refractivity contribution in [1.29, 1.82) is 0 Å². The predicted molar refractivity (Wildman–Crippen MR) is 73.2 cm³/mol. The Morgan fingerprint density at radius 2 is 2.15 bits per heavy atom. The maximum Gasteiger partial charge on any atom is 0.328 e. The number of phenolic OH excluding ortho intramolecular Hbond substituents is 1. The standard InChI is InChI=1S/C15H19NO4/c1-2-20-15(19)12-7-5-9-16(12)14(18)10-11-6-3-4-8-13(11)17/h3-4,6,8,12,17H,2,5,7,9-10H2,1H3. The first kappa shape index (κ1) is 14.4. The van der Waals surface area contributed by atoms with Gasteiger partial charge in [-0.05, 0) is 25.8 Å². The number of amides is 1. The van der Waals surface area contributed by atoms with E-state index < -0.39 is 6.04 Å². The number of phenols is 1. The van der Waals surface area contributed by atoms with Gasteiger partial charge in [-0.25, -0.2) is 4.79 Å². The summed E-state index contributed by atoms with van der Waals surface area (Å²) in [6, 6.07) is 6.27. The van der Waals surface area contributed by atoms with Crippen LogP contribution in [0.25, 0.3) is 0 Å². The Kier molecular flexibility index (Phi) is 4.61. The molecule has 1 unspecified atom stereocenters. The molecule has 1 aliphatic heterocycles. The van der Waals surface area contributed by atoms with Gasteiger partial charge in [-0.2, -0.15) is 0 Å². The fraction of sp³-hybridized carbons (Fsp3) is 0.467. The van der Waals surface area contributed by atoms with Crippen molar-refractivity contribution in [3.63, 3.8) is 0 Å². The molecule has 1 amide bonds. The summed E-state index contributed by atoms with van der Waals surface area (Å²) in [4.78, 5) is 25.7. The van der Waals surface area contributed by atoms with Gasteiger partial charge in [0.05, 0.1) is 13.0 Å². The van der Waals surface area contributed by atoms with Crippen LogP contribution in [0.2, 0.25) is 0 Å². The number of rotatable bonds is 4. The number of nitrogens with zero attached hydrogens (tertiary/aromatic N) is 1. The molecule has 5 nitrogen and oxygen atoms in total. The molecule has 1 saturated heterocycles. The molecule has 0 bridgehead atoms. The Labute approximate surface area is 118 Å². The first-order valence-corrected chi connectivity index (χ1v) is 6.86. The average molecular weight is 277 g/mol. The van der Waals surface area contributed by atoms with Gasteiger partial charge < -0.3 is 14.7 Å². The number of para-hydroxylation sites is 1. The number of ether oxygens (including phenoxy) is 1. The summed E-state index contributed by atoms with van der Waals surface area (Å²) in [7, 11) is 0. The summed E-state index contributed by atoms with van der Waals surface area (Å²) in [5.74, 6) is -0.384. The molecule has 108 valence electrons. The predicted octanol–water partition coefficient (Wildman–Crippen LogP) is 1.49. The third-order valence-corrected chi connectivity index (χ3v) is 3.47. The highest BCUT2D eigenvalue weighted by atomic mass is 16.5. The van der Waals surface area contributed by atoms with Crippen molar-refractivity contribution in [2.45, 2.75) is 32.2 Å². The van der Waals surface area contributed by atoms with Crippen LogP contribution in [0.4, 0.5) is 0 Å². The molecule has 1 aromatic rings. The van der Waals surface area contributed by atoms with Crippen LogP contribution < -0.4 is 0 Å². The van der Waals surface area contributed by atoms with Crippen LogP contribution in [0.3, 0.4) is 0 Å². The normalized spacial score (nSPS) is 18.1. The second kappa shape index (κ2) is 6.41. The summed E-state index contributed by atoms with van der Waals surface area (Å²) in [6.07, 6.45) is 1.55. The van der Waals surface area contributed by atoms with Gasteiger partial charge in [0.25, 0.3) is 0 Å². The van der Waals surface area contributed by atoms with Crippen LogP contribution in [0.15, 0.2) is 24.3 Å². The van der Waals surface area contributed by atoms with E-state index >= 15 is 0 Å². The average Bonchev–Trinajstić information content (AvgIpc) is 2.91. The van der Waals surface area contributed by atoms with Crippen molar-refractivity contribution in [1.82, 2.24) is 4.90 Å². The van der Waals surface area contributed by atoms with Crippen molar-refractivity contribution in [3.05, 3.63) is 29.8 Å². The van der Waals surface area contributed by atoms with Gasteiger partial charge in [0.15, 0.2) is 0 Å². The van der Waals surface area contributed by atoms with E-state index in [4.69, 9.17) is 4.74 Å². The molecule has 0 saturated carbocycles. The molecule has 1 atom stereocenters. The van der Waals surface area contributed by atoms with E-state index in [0.29, 0.717) is 25.1 Å². The largest absolute Gasteiger partial charge is 0.508 e. The molecule has 1 aromatic carbocycles. The summed E-state index contributed by atoms with van der Waals surface area (Å²) in [6.45, 7) is 2.63. The van der Waals surface area contributed by atoms with Crippen LogP contribution in [0.1, 0.15) is 25.3 Å². The number of aromatic hydroxyl groups is 1. The molecule has 0 aliphatic carbocycles. The van der Waals surface area contributed by atoms with Crippen molar-refractivity contribution >= 4 is 11.9 Å². The number of benzene rings is 1. The van der Waals surface area contributed by atoms with Crippen LogP contribution in [-0.2, 0) is 20.7 Å². The van der Waals surface area contributed by atoms with E-state index in [1.165, 1.54) is 0 Å². The third-order valence-electron chi connectivity index (χ3n) is 3.47. The maximum atomic E-state index is 12.3. The number of hydrogen-bond donors (Lipinski definition) is 1. The van der Waals surface area contributed by atoms with Crippen molar-refractivity contribution < 1.29 is 19.4 Å². The Bertz CT molecular complexity index is 500. The fourth-order valence-corrected chi connectivity index (χ4v) is 2.47. The molecular weight excluding hydrogens is 258 g/mol. The Morgan fingerprint density at radius 1 is 1.40 bits per heavy atom. The Hall–Kier alpha value is -2.04. The lowest BCUT2D eigenvalue weighted by molar-refractivity contribution is -0.152. The van der Waals surface area contributed by atoms with Gasteiger partial charge in [-0.3, -0.25) is 4.79 Å². The van der Waals surface area contributed by atoms with E-state index in [-0.39, 0.29) is 24.0 Å². The topological polar surface area (TPSA) is 66.8 Å². The van der Waals surface area contributed by atoms with Crippen LogP contribution in [0, 0.1) is 0 Å². The van der Waals surface area contributed by atoms with E-state index in [1.807, 2.05) is 0 Å². The molecule has 1 aliphatic rings. The van der Waals surface area contributed by atoms with Gasteiger partial charge >= 0.3 is 5.97 Å². The van der Waals surface area contributed by atoms with Gasteiger partial charge in [-0.1, -0.05) is 18.2 Å². The number of hydrogen-bond acceptors (Lipinski definition) is 4. The Balaban J connectivity index is 2.05. The van der Waals surface area contributed by atoms with Gasteiger partial charge in [0.2, 0.25) is 5.91 Å². The SMILES string of the molecule is CCOC(=O)C1CCCN1C(=O)Cc1ccccc1O. The van der Waals surface area contributed by atoms with Crippen molar-refractivity contribution in [2.75, 3.05) is 13.2 Å². The molecule has 1 fully saturated rings. The van der Waals surface area contributed by atoms with E-state index in [2.05, 4.69) is 0 Å². The minimum absolute atomic E-state index is 0.0998. The van der Waals surface area contributed by atoms with E-state index in [9.17, 15) is 14.7 Å². The monoisotopic (exact) mass is 277 g/mol. The summed E-state index contributed by atoms with van der Waals surface area (Å²) in [5.41, 5.74) is 0.576. The van der Waals surface area contributed by atoms with E-state index in [0.717, 1.165) is 6.42 Å². The molecular formula is C15H19NO4. The second-order valence-corrected chi connectivity index (χ2v) is 4.80. The molecule has 0 spiro atoms. The molecule has 1 N–H and O–H groups in total. The minimum atomic E-state index is -0.478. The smallest absolute Gasteiger partial charge is 0.328 e. The lowest BCUT2D eigenvalue weighted by atomic mass is 10.1. The molecule has 1 heterocycles. The number of likely N-dealkylation sites (tertiary alicyclic amines) is 1. The van der Waals surface area contributed by atoms with Gasteiger partial charge in [0, 0.05) is 12.1 Å². The zero-order chi connectivity index (χ0) is 14.5. The molecule has 0 radical (unpaired) electrons. The van der Waals surface area contributed by atoms with E-state index in [1.54, 1.807) is 36.1 Å². The first-order valence-electron chi connectivity index (χ1n) is 6.86. The maximum absolute atomic E-state index is 12.3. The minimum Gasteiger partial charge on any atom is -0.508 e. The molecule has 5 heteroatoms. The lowest BCUT2D eigenvalue weighted by Gasteiger charge is -2.23. The number of esters is 1. The highest BCUT2D eigenvalue weighted by molar-refractivity contribution is 5.86. The van der Waals surface area contributed by atoms with Gasteiger partial charge in [-0.15, -0.1) is 0 Å². The van der Waals surface area contributed by atoms with Crippen molar-refractivity contribution in [3.8, 4) is 5.75 Å². The highest BCUT2D eigenvalue weighted by Gasteiger charge is 2.35. The fourth-order valence-electron chi connectivity index (χ4n) is 2.47. The number of carbonyl (C=O) groups is 2. The quantitative estimate of drug-likeness (QED) is 0.847. The number of carbonyl (C=O) groups excluding carboxylic acids is 2. The lowest BCUT2D eigenvalue weighted by Crippen LogP contribution is -2.42. The zero-order valence-electron chi connectivity index (χ0n) is 11.5. The molecule has 2 rings (SSSR count). The van der Waals surface area contributed by atoms with Gasteiger partial charge in [0.1, 0.15) is 11.8 Å². The first-order chi connectivity index (χ1) is 9.63. The highest BCUT2D eigenvalue weighted by Crippen LogP contribution is 2.22. The third kappa shape index (κ3) is 3.10. The zero-order valence-corrected chi connectivity index (χ0v) is 11.5. The molecule has 20 heavy (non-hydrogen) atoms. The van der Waals surface area contributed by atoms with Crippen molar-refractivity contribution in [2.24, 2.45) is 0 Å². The summed E-state index contributed by atoms with van der Waals surface area (Å²) < 4.78 is 5.00. The summed E-state index contributed by atoms with van der Waals surface area (Å²) >= 11 is 0. The Morgan fingerprint density at radius 3 is 2.85 bits per heavy atom. The van der Waals surface area contributed by atoms with Crippen LogP contribution in [-0.4, -0.2) is 41.1 Å². The van der Waals surface area contributed by atoms with Crippen LogP contribution in [0.5, 0.6) is 5.75 Å². The summed E-state index contributed by atoms with van der Waals surface area (Å²) in [5, 5.41) is 9.70. The second-order valence-electron chi connectivity index (χ2n) is 4.80.